The first-order valence-corrected chi connectivity index (χ1v) is 5.41. The summed E-state index contributed by atoms with van der Waals surface area (Å²) in [6.07, 6.45) is 2.12. The van der Waals surface area contributed by atoms with E-state index in [1.807, 2.05) is 27.9 Å². The van der Waals surface area contributed by atoms with Crippen molar-refractivity contribution >= 4 is 5.97 Å². The van der Waals surface area contributed by atoms with Gasteiger partial charge in [-0.05, 0) is 20.9 Å². The molecule has 0 fully saturated rings. The van der Waals surface area contributed by atoms with Gasteiger partial charge in [-0.2, -0.15) is 5.10 Å². The number of carbonyl (C=O) groups excluding carboxylic acids is 1. The minimum Gasteiger partial charge on any atom is -0.466 e. The lowest BCUT2D eigenvalue weighted by Gasteiger charge is -2.14. The van der Waals surface area contributed by atoms with Crippen molar-refractivity contribution in [3.05, 3.63) is 17.5 Å². The molecule has 0 aliphatic heterocycles. The summed E-state index contributed by atoms with van der Waals surface area (Å²) in [5, 5.41) is 7.27. The third-order valence-corrected chi connectivity index (χ3v) is 2.67. The minimum atomic E-state index is -0.190. The normalized spacial score (nSPS) is 12.5. The number of hydrogen-bond acceptors (Lipinski definition) is 4. The molecule has 1 aromatic heterocycles. The van der Waals surface area contributed by atoms with Crippen LogP contribution in [-0.2, 0) is 16.6 Å². The van der Waals surface area contributed by atoms with E-state index in [1.54, 1.807) is 10.9 Å². The second-order valence-electron chi connectivity index (χ2n) is 3.66. The van der Waals surface area contributed by atoms with Crippen LogP contribution in [0.3, 0.4) is 0 Å². The first-order chi connectivity index (χ1) is 7.60. The largest absolute Gasteiger partial charge is 0.466 e. The molecule has 5 heteroatoms. The molecular weight excluding hydrogens is 206 g/mol. The van der Waals surface area contributed by atoms with Gasteiger partial charge in [-0.1, -0.05) is 0 Å². The average Bonchev–Trinajstić information content (AvgIpc) is 2.57. The van der Waals surface area contributed by atoms with Gasteiger partial charge in [0, 0.05) is 24.3 Å². The van der Waals surface area contributed by atoms with E-state index >= 15 is 0 Å². The number of hydrogen-bond donors (Lipinski definition) is 1. The predicted octanol–water partition coefficient (Wildman–Crippen LogP) is 0.942. The van der Waals surface area contributed by atoms with Crippen LogP contribution in [0.15, 0.2) is 6.20 Å². The van der Waals surface area contributed by atoms with Gasteiger partial charge in [-0.25, -0.2) is 0 Å². The quantitative estimate of drug-likeness (QED) is 0.758. The Morgan fingerprint density at radius 3 is 2.81 bits per heavy atom. The van der Waals surface area contributed by atoms with Gasteiger partial charge in [-0.15, -0.1) is 0 Å². The van der Waals surface area contributed by atoms with Crippen LogP contribution in [-0.4, -0.2) is 29.4 Å². The van der Waals surface area contributed by atoms with Gasteiger partial charge in [0.15, 0.2) is 0 Å². The average molecular weight is 225 g/mol. The van der Waals surface area contributed by atoms with Crippen LogP contribution in [0.4, 0.5) is 0 Å². The number of rotatable bonds is 5. The maximum absolute atomic E-state index is 11.4. The van der Waals surface area contributed by atoms with E-state index in [4.69, 9.17) is 4.74 Å². The minimum absolute atomic E-state index is 0.0345. The Morgan fingerprint density at radius 2 is 2.38 bits per heavy atom. The lowest BCUT2D eigenvalue weighted by Crippen LogP contribution is -2.21. The first kappa shape index (κ1) is 12.7. The Morgan fingerprint density at radius 1 is 1.69 bits per heavy atom. The van der Waals surface area contributed by atoms with Crippen LogP contribution < -0.4 is 5.32 Å². The smallest absolute Gasteiger partial charge is 0.307 e. The monoisotopic (exact) mass is 225 g/mol. The van der Waals surface area contributed by atoms with Crippen molar-refractivity contribution in [2.75, 3.05) is 13.7 Å². The van der Waals surface area contributed by atoms with Crippen LogP contribution in [0.2, 0.25) is 0 Å². The van der Waals surface area contributed by atoms with Gasteiger partial charge in [-0.3, -0.25) is 9.48 Å². The molecule has 0 bridgehead atoms. The highest BCUT2D eigenvalue weighted by Gasteiger charge is 2.18. The molecule has 1 N–H and O–H groups in total. The summed E-state index contributed by atoms with van der Waals surface area (Å²) < 4.78 is 6.73. The molecule has 16 heavy (non-hydrogen) atoms. The summed E-state index contributed by atoms with van der Waals surface area (Å²) in [6, 6.07) is -0.0345. The zero-order chi connectivity index (χ0) is 12.1. The topological polar surface area (TPSA) is 56.1 Å². The van der Waals surface area contributed by atoms with E-state index in [0.717, 1.165) is 11.3 Å². The molecule has 0 aliphatic carbocycles. The summed E-state index contributed by atoms with van der Waals surface area (Å²) in [4.78, 5) is 11.4. The molecule has 1 unspecified atom stereocenters. The number of ether oxygens (including phenoxy) is 1. The zero-order valence-corrected chi connectivity index (χ0v) is 10.3. The highest BCUT2D eigenvalue weighted by molar-refractivity contribution is 5.70. The highest BCUT2D eigenvalue weighted by atomic mass is 16.5. The number of aromatic nitrogens is 2. The number of carbonyl (C=O) groups is 1. The SMILES string of the molecule is CCOC(=O)CC(NC)c1cnn(C)c1C. The van der Waals surface area contributed by atoms with Crippen molar-refractivity contribution in [1.29, 1.82) is 0 Å². The molecule has 0 amide bonds. The summed E-state index contributed by atoms with van der Waals surface area (Å²) in [6.45, 7) is 4.21. The molecule has 1 rings (SSSR count). The van der Waals surface area contributed by atoms with Gasteiger partial charge in [0.25, 0.3) is 0 Å². The Balaban J connectivity index is 2.75. The lowest BCUT2D eigenvalue weighted by atomic mass is 10.1. The van der Waals surface area contributed by atoms with Gasteiger partial charge in [0.2, 0.25) is 0 Å². The summed E-state index contributed by atoms with van der Waals surface area (Å²) in [7, 11) is 3.71. The summed E-state index contributed by atoms with van der Waals surface area (Å²) in [5.41, 5.74) is 2.10. The van der Waals surface area contributed by atoms with Crippen molar-refractivity contribution < 1.29 is 9.53 Å². The molecular formula is C11H19N3O2. The number of aryl methyl sites for hydroxylation is 1. The number of nitrogens with zero attached hydrogens (tertiary/aromatic N) is 2. The van der Waals surface area contributed by atoms with Crippen molar-refractivity contribution in [1.82, 2.24) is 15.1 Å². The van der Waals surface area contributed by atoms with Crippen molar-refractivity contribution in [3.63, 3.8) is 0 Å². The van der Waals surface area contributed by atoms with Crippen LogP contribution >= 0.6 is 0 Å². The molecule has 0 aliphatic rings. The molecule has 1 heterocycles. The summed E-state index contributed by atoms with van der Waals surface area (Å²) in [5.74, 6) is -0.190. The number of esters is 1. The second-order valence-corrected chi connectivity index (χ2v) is 3.66. The predicted molar refractivity (Wildman–Crippen MR) is 61.0 cm³/mol. The fourth-order valence-electron chi connectivity index (χ4n) is 1.61. The molecule has 0 radical (unpaired) electrons. The maximum atomic E-state index is 11.4. The lowest BCUT2D eigenvalue weighted by molar-refractivity contribution is -0.143. The highest BCUT2D eigenvalue weighted by Crippen LogP contribution is 2.19. The number of nitrogens with one attached hydrogen (secondary N) is 1. The van der Waals surface area contributed by atoms with Crippen molar-refractivity contribution in [2.24, 2.45) is 7.05 Å². The second kappa shape index (κ2) is 5.65. The fraction of sp³-hybridized carbons (Fsp3) is 0.636. The fourth-order valence-corrected chi connectivity index (χ4v) is 1.61. The van der Waals surface area contributed by atoms with Gasteiger partial charge in [0.05, 0.1) is 19.2 Å². The van der Waals surface area contributed by atoms with E-state index in [2.05, 4.69) is 10.4 Å². The van der Waals surface area contributed by atoms with Crippen molar-refractivity contribution in [3.8, 4) is 0 Å². The molecule has 0 spiro atoms. The molecule has 1 atom stereocenters. The van der Waals surface area contributed by atoms with Crippen molar-refractivity contribution in [2.45, 2.75) is 26.3 Å². The van der Waals surface area contributed by atoms with Crippen LogP contribution in [0.1, 0.15) is 30.6 Å². The van der Waals surface area contributed by atoms with Crippen LogP contribution in [0.25, 0.3) is 0 Å². The maximum Gasteiger partial charge on any atom is 0.307 e. The van der Waals surface area contributed by atoms with E-state index in [-0.39, 0.29) is 12.0 Å². The Bertz CT molecular complexity index is 360. The molecule has 0 saturated carbocycles. The molecule has 1 aromatic rings. The van der Waals surface area contributed by atoms with Gasteiger partial charge >= 0.3 is 5.97 Å². The standard InChI is InChI=1S/C11H19N3O2/c1-5-16-11(15)6-10(12-3)9-7-13-14(4)8(9)2/h7,10,12H,5-6H2,1-4H3. The van der Waals surface area contributed by atoms with E-state index in [0.29, 0.717) is 13.0 Å². The summed E-state index contributed by atoms with van der Waals surface area (Å²) >= 11 is 0. The molecule has 0 aromatic carbocycles. The Labute approximate surface area is 95.8 Å². The molecule has 0 saturated heterocycles. The van der Waals surface area contributed by atoms with E-state index in [9.17, 15) is 4.79 Å². The molecule has 90 valence electrons. The van der Waals surface area contributed by atoms with E-state index < -0.39 is 0 Å². The Hall–Kier alpha value is -1.36. The third-order valence-electron chi connectivity index (χ3n) is 2.67. The van der Waals surface area contributed by atoms with Gasteiger partial charge in [0.1, 0.15) is 0 Å². The third kappa shape index (κ3) is 2.82. The first-order valence-electron chi connectivity index (χ1n) is 5.41. The van der Waals surface area contributed by atoms with Crippen LogP contribution in [0, 0.1) is 6.92 Å². The van der Waals surface area contributed by atoms with E-state index in [1.165, 1.54) is 0 Å². The zero-order valence-electron chi connectivity index (χ0n) is 10.3. The van der Waals surface area contributed by atoms with Gasteiger partial charge < -0.3 is 10.1 Å². The molecule has 5 nitrogen and oxygen atoms in total. The van der Waals surface area contributed by atoms with Crippen LogP contribution in [0.5, 0.6) is 0 Å². The Kier molecular flexibility index (Phi) is 4.49.